The highest BCUT2D eigenvalue weighted by Crippen LogP contribution is 2.47. The van der Waals surface area contributed by atoms with Crippen LogP contribution in [-0.2, 0) is 9.59 Å². The third-order valence-electron chi connectivity index (χ3n) is 5.15. The summed E-state index contributed by atoms with van der Waals surface area (Å²) in [5.74, 6) is 0.513. The fraction of sp³-hybridized carbons (Fsp3) is 0.364. The summed E-state index contributed by atoms with van der Waals surface area (Å²) in [7, 11) is 0. The smallest absolute Gasteiger partial charge is 0.251 e. The average Bonchev–Trinajstić information content (AvgIpc) is 3.27. The molecule has 1 spiro atoms. The normalized spacial score (nSPS) is 17.3. The van der Waals surface area contributed by atoms with Crippen molar-refractivity contribution in [1.29, 1.82) is 0 Å². The lowest BCUT2D eigenvalue weighted by atomic mass is 10.0. The van der Waals surface area contributed by atoms with Gasteiger partial charge in [-0.2, -0.15) is 0 Å². The molecule has 6 heteroatoms. The molecule has 0 radical (unpaired) electrons. The molecular weight excluding hydrogens is 356 g/mol. The molecule has 1 aliphatic carbocycles. The Morgan fingerprint density at radius 3 is 2.46 bits per heavy atom. The van der Waals surface area contributed by atoms with E-state index in [-0.39, 0.29) is 24.3 Å². The highest BCUT2D eigenvalue weighted by atomic mass is 16.7. The molecule has 2 amide bonds. The van der Waals surface area contributed by atoms with E-state index in [1.54, 1.807) is 6.07 Å². The van der Waals surface area contributed by atoms with E-state index in [0.29, 0.717) is 11.4 Å². The molecule has 1 heterocycles. The Hall–Kier alpha value is -3.02. The molecular formula is C22H24N2O4. The molecule has 1 atom stereocenters. The van der Waals surface area contributed by atoms with Crippen LogP contribution in [0.2, 0.25) is 0 Å². The fourth-order valence-electron chi connectivity index (χ4n) is 3.87. The predicted octanol–water partition coefficient (Wildman–Crippen LogP) is 3.93. The minimum atomic E-state index is -0.519. The van der Waals surface area contributed by atoms with Gasteiger partial charge in [-0.3, -0.25) is 9.59 Å². The zero-order chi connectivity index (χ0) is 19.6. The second-order valence-corrected chi connectivity index (χ2v) is 7.40. The number of rotatable bonds is 5. The molecule has 1 fully saturated rings. The molecule has 28 heavy (non-hydrogen) atoms. The van der Waals surface area contributed by atoms with Crippen LogP contribution in [0.25, 0.3) is 0 Å². The molecule has 2 aromatic carbocycles. The Bertz CT molecular complexity index is 875. The Morgan fingerprint density at radius 2 is 1.75 bits per heavy atom. The molecule has 1 aliphatic heterocycles. The van der Waals surface area contributed by atoms with Gasteiger partial charge in [0.15, 0.2) is 11.5 Å². The summed E-state index contributed by atoms with van der Waals surface area (Å²) in [4.78, 5) is 24.1. The fourth-order valence-corrected chi connectivity index (χ4v) is 3.87. The lowest BCUT2D eigenvalue weighted by molar-refractivity contribution is -0.120. The highest BCUT2D eigenvalue weighted by Gasteiger charge is 2.44. The van der Waals surface area contributed by atoms with E-state index in [9.17, 15) is 9.59 Å². The largest absolute Gasteiger partial charge is 0.448 e. The van der Waals surface area contributed by atoms with Crippen LogP contribution in [0, 0.1) is 0 Å². The molecule has 0 bridgehead atoms. The number of hydrogen-bond donors (Lipinski definition) is 2. The molecule has 2 aliphatic rings. The zero-order valence-corrected chi connectivity index (χ0v) is 15.9. The summed E-state index contributed by atoms with van der Waals surface area (Å²) in [6.45, 7) is 1.45. The minimum absolute atomic E-state index is 0.141. The van der Waals surface area contributed by atoms with Gasteiger partial charge >= 0.3 is 0 Å². The van der Waals surface area contributed by atoms with Crippen molar-refractivity contribution in [3.63, 3.8) is 0 Å². The number of benzene rings is 2. The van der Waals surface area contributed by atoms with Crippen molar-refractivity contribution in [3.05, 3.63) is 54.1 Å². The number of nitrogens with one attached hydrogen (secondary N) is 2. The Labute approximate surface area is 164 Å². The lowest BCUT2D eigenvalue weighted by Gasteiger charge is -2.21. The first-order valence-electron chi connectivity index (χ1n) is 9.67. The SMILES string of the molecule is CC(=O)NC(CC(=O)Nc1ccc2c(c1)OC1(CCCC1)O2)c1ccccc1. The number of carbonyl (C=O) groups excluding carboxylic acids is 2. The molecule has 6 nitrogen and oxygen atoms in total. The van der Waals surface area contributed by atoms with Crippen molar-refractivity contribution in [1.82, 2.24) is 5.32 Å². The summed E-state index contributed by atoms with van der Waals surface area (Å²) in [5, 5.41) is 5.74. The van der Waals surface area contributed by atoms with Gasteiger partial charge < -0.3 is 20.1 Å². The zero-order valence-electron chi connectivity index (χ0n) is 15.9. The third-order valence-corrected chi connectivity index (χ3v) is 5.15. The van der Waals surface area contributed by atoms with Crippen LogP contribution in [0.5, 0.6) is 11.5 Å². The van der Waals surface area contributed by atoms with Gasteiger partial charge in [0.2, 0.25) is 11.8 Å². The molecule has 146 valence electrons. The van der Waals surface area contributed by atoms with Crippen LogP contribution >= 0.6 is 0 Å². The van der Waals surface area contributed by atoms with Crippen LogP contribution in [0.15, 0.2) is 48.5 Å². The summed E-state index contributed by atoms with van der Waals surface area (Å²) >= 11 is 0. The molecule has 0 aromatic heterocycles. The van der Waals surface area contributed by atoms with Crippen LogP contribution in [0.1, 0.15) is 50.6 Å². The molecule has 2 aromatic rings. The van der Waals surface area contributed by atoms with Crippen LogP contribution in [0.3, 0.4) is 0 Å². The van der Waals surface area contributed by atoms with E-state index in [0.717, 1.165) is 37.0 Å². The Morgan fingerprint density at radius 1 is 1.04 bits per heavy atom. The van der Waals surface area contributed by atoms with Crippen molar-refractivity contribution in [2.75, 3.05) is 5.32 Å². The summed E-state index contributed by atoms with van der Waals surface area (Å²) in [6.07, 6.45) is 4.11. The number of fused-ring (bicyclic) bond motifs is 1. The first-order chi connectivity index (χ1) is 13.5. The van der Waals surface area contributed by atoms with Crippen LogP contribution < -0.4 is 20.1 Å². The summed E-state index contributed by atoms with van der Waals surface area (Å²) in [5.41, 5.74) is 1.54. The van der Waals surface area contributed by atoms with Gasteiger partial charge in [-0.15, -0.1) is 0 Å². The Balaban J connectivity index is 1.43. The number of amides is 2. The van der Waals surface area contributed by atoms with E-state index in [1.165, 1.54) is 6.92 Å². The van der Waals surface area contributed by atoms with Gasteiger partial charge in [0, 0.05) is 31.5 Å². The van der Waals surface area contributed by atoms with E-state index >= 15 is 0 Å². The molecule has 4 rings (SSSR count). The van der Waals surface area contributed by atoms with Gasteiger partial charge in [-0.25, -0.2) is 0 Å². The van der Waals surface area contributed by atoms with Crippen molar-refractivity contribution in [3.8, 4) is 11.5 Å². The third kappa shape index (κ3) is 3.96. The first kappa shape index (κ1) is 18.3. The highest BCUT2D eigenvalue weighted by molar-refractivity contribution is 5.92. The maximum absolute atomic E-state index is 12.6. The maximum Gasteiger partial charge on any atom is 0.251 e. The van der Waals surface area contributed by atoms with Gasteiger partial charge in [-0.1, -0.05) is 30.3 Å². The standard InChI is InChI=1S/C22H24N2O4/c1-15(25)23-18(16-7-3-2-4-8-16)14-21(26)24-17-9-10-19-20(13-17)28-22(27-19)11-5-6-12-22/h2-4,7-10,13,18H,5-6,11-12,14H2,1H3,(H,23,25)(H,24,26). The van der Waals surface area contributed by atoms with Crippen LogP contribution in [-0.4, -0.2) is 17.6 Å². The van der Waals surface area contributed by atoms with Crippen LogP contribution in [0.4, 0.5) is 5.69 Å². The average molecular weight is 380 g/mol. The van der Waals surface area contributed by atoms with Crippen molar-refractivity contribution < 1.29 is 19.1 Å². The van der Waals surface area contributed by atoms with Gasteiger partial charge in [0.25, 0.3) is 5.79 Å². The second-order valence-electron chi connectivity index (χ2n) is 7.40. The molecule has 1 unspecified atom stereocenters. The predicted molar refractivity (Wildman–Crippen MR) is 105 cm³/mol. The molecule has 1 saturated carbocycles. The number of anilines is 1. The van der Waals surface area contributed by atoms with E-state index in [1.807, 2.05) is 42.5 Å². The van der Waals surface area contributed by atoms with Gasteiger partial charge in [0.05, 0.1) is 12.5 Å². The van der Waals surface area contributed by atoms with E-state index < -0.39 is 5.79 Å². The van der Waals surface area contributed by atoms with E-state index in [2.05, 4.69) is 10.6 Å². The van der Waals surface area contributed by atoms with Crippen molar-refractivity contribution in [2.45, 2.75) is 50.9 Å². The van der Waals surface area contributed by atoms with Gasteiger partial charge in [-0.05, 0) is 30.5 Å². The van der Waals surface area contributed by atoms with Crippen molar-refractivity contribution >= 4 is 17.5 Å². The monoisotopic (exact) mass is 380 g/mol. The van der Waals surface area contributed by atoms with Gasteiger partial charge in [0.1, 0.15) is 0 Å². The number of ether oxygens (including phenoxy) is 2. The number of carbonyl (C=O) groups is 2. The first-order valence-corrected chi connectivity index (χ1v) is 9.67. The quantitative estimate of drug-likeness (QED) is 0.824. The molecule has 0 saturated heterocycles. The number of hydrogen-bond acceptors (Lipinski definition) is 4. The van der Waals surface area contributed by atoms with E-state index in [4.69, 9.17) is 9.47 Å². The summed E-state index contributed by atoms with van der Waals surface area (Å²) in [6, 6.07) is 14.5. The van der Waals surface area contributed by atoms with Crippen molar-refractivity contribution in [2.24, 2.45) is 0 Å². The lowest BCUT2D eigenvalue weighted by Crippen LogP contribution is -2.34. The maximum atomic E-state index is 12.6. The molecule has 2 N–H and O–H groups in total. The minimum Gasteiger partial charge on any atom is -0.448 e. The summed E-state index contributed by atoms with van der Waals surface area (Å²) < 4.78 is 12.0. The second kappa shape index (κ2) is 7.54. The topological polar surface area (TPSA) is 76.7 Å². The Kier molecular flexibility index (Phi) is 4.94.